The van der Waals surface area contributed by atoms with Gasteiger partial charge in [-0.2, -0.15) is 0 Å². The van der Waals surface area contributed by atoms with Crippen LogP contribution in [0.1, 0.15) is 24.5 Å². The van der Waals surface area contributed by atoms with Crippen LogP contribution in [-0.4, -0.2) is 61.1 Å². The highest BCUT2D eigenvalue weighted by Crippen LogP contribution is 2.20. The van der Waals surface area contributed by atoms with Crippen molar-refractivity contribution in [3.05, 3.63) is 94.0 Å². The van der Waals surface area contributed by atoms with Gasteiger partial charge in [0.1, 0.15) is 18.1 Å². The summed E-state index contributed by atoms with van der Waals surface area (Å²) in [4.78, 5) is 25.8. The molecule has 0 saturated heterocycles. The van der Waals surface area contributed by atoms with Crippen LogP contribution < -0.4 is 9.47 Å². The van der Waals surface area contributed by atoms with Crippen LogP contribution in [0.15, 0.2) is 72.8 Å². The minimum absolute atomic E-state index is 0.238. The lowest BCUT2D eigenvalue weighted by atomic mass is 10.1. The van der Waals surface area contributed by atoms with Crippen molar-refractivity contribution >= 4 is 35.3 Å². The van der Waals surface area contributed by atoms with Gasteiger partial charge in [0, 0.05) is 36.2 Å². The lowest BCUT2D eigenvalue weighted by Crippen LogP contribution is -2.38. The quantitative estimate of drug-likeness (QED) is 0.190. The Hall–Kier alpha value is -3.30. The minimum atomic E-state index is -0.996. The molecule has 10 heteroatoms. The summed E-state index contributed by atoms with van der Waals surface area (Å²) in [6, 6.07) is 21.3. The number of hydrogen-bond donors (Lipinski definition) is 1. The van der Waals surface area contributed by atoms with Crippen LogP contribution in [0, 0.1) is 0 Å². The normalized spacial score (nSPS) is 11.6. The second-order valence-electron chi connectivity index (χ2n) is 8.83. The maximum atomic E-state index is 12.9. The largest absolute Gasteiger partial charge is 0.492 e. The molecule has 40 heavy (non-hydrogen) atoms. The molecule has 1 atom stereocenters. The second kappa shape index (κ2) is 16.7. The molecular formula is C30H33Cl2NO7. The highest BCUT2D eigenvalue weighted by Gasteiger charge is 2.18. The van der Waals surface area contributed by atoms with Gasteiger partial charge in [0.2, 0.25) is 0 Å². The van der Waals surface area contributed by atoms with E-state index in [2.05, 4.69) is 0 Å². The van der Waals surface area contributed by atoms with E-state index in [-0.39, 0.29) is 13.0 Å². The number of nitrogens with zero attached hydrogens (tertiary/aromatic N) is 1. The van der Waals surface area contributed by atoms with Crippen molar-refractivity contribution in [2.45, 2.75) is 32.5 Å². The molecule has 1 unspecified atom stereocenters. The third-order valence-corrected chi connectivity index (χ3v) is 6.17. The number of carboxylic acid groups (broad SMARTS) is 1. The van der Waals surface area contributed by atoms with Gasteiger partial charge in [-0.3, -0.25) is 0 Å². The molecule has 3 aromatic carbocycles. The topological polar surface area (TPSA) is 94.5 Å². The first-order chi connectivity index (χ1) is 19.3. The molecule has 0 aliphatic rings. The summed E-state index contributed by atoms with van der Waals surface area (Å²) in [5, 5.41) is 10.4. The van der Waals surface area contributed by atoms with Gasteiger partial charge in [-0.15, -0.1) is 0 Å². The zero-order chi connectivity index (χ0) is 28.7. The highest BCUT2D eigenvalue weighted by atomic mass is 35.5. The second-order valence-corrected chi connectivity index (χ2v) is 9.70. The molecule has 0 aromatic heterocycles. The van der Waals surface area contributed by atoms with Crippen LogP contribution in [0.4, 0.5) is 4.79 Å². The summed E-state index contributed by atoms with van der Waals surface area (Å²) in [7, 11) is 0. The molecule has 0 radical (unpaired) electrons. The smallest absolute Gasteiger partial charge is 0.415 e. The number of carboxylic acids is 1. The van der Waals surface area contributed by atoms with E-state index in [0.717, 1.165) is 11.1 Å². The van der Waals surface area contributed by atoms with Gasteiger partial charge < -0.3 is 29.0 Å². The zero-order valence-corrected chi connectivity index (χ0v) is 23.8. The Labute approximate surface area is 244 Å². The molecule has 3 aromatic rings. The van der Waals surface area contributed by atoms with Crippen molar-refractivity contribution < 1.29 is 33.6 Å². The molecule has 0 aliphatic carbocycles. The first kappa shape index (κ1) is 31.2. The van der Waals surface area contributed by atoms with E-state index >= 15 is 0 Å². The number of ether oxygens (including phenoxy) is 4. The molecule has 8 nitrogen and oxygen atoms in total. The van der Waals surface area contributed by atoms with Crippen molar-refractivity contribution in [1.29, 1.82) is 0 Å². The average molecular weight is 591 g/mol. The number of halogens is 2. The summed E-state index contributed by atoms with van der Waals surface area (Å²) in [5.41, 5.74) is 1.69. The van der Waals surface area contributed by atoms with Gasteiger partial charge in [-0.1, -0.05) is 53.5 Å². The first-order valence-corrected chi connectivity index (χ1v) is 13.7. The van der Waals surface area contributed by atoms with E-state index in [1.54, 1.807) is 78.6 Å². The molecule has 0 fully saturated rings. The van der Waals surface area contributed by atoms with Crippen LogP contribution in [0.5, 0.6) is 11.5 Å². The summed E-state index contributed by atoms with van der Waals surface area (Å²) >= 11 is 12.1. The third-order valence-electron chi connectivity index (χ3n) is 5.73. The van der Waals surface area contributed by atoms with Gasteiger partial charge in [0.05, 0.1) is 13.2 Å². The zero-order valence-electron chi connectivity index (χ0n) is 22.3. The number of rotatable bonds is 16. The van der Waals surface area contributed by atoms with Crippen LogP contribution in [0.3, 0.4) is 0 Å². The van der Waals surface area contributed by atoms with Crippen LogP contribution in [-0.2, 0) is 27.3 Å². The Balaban J connectivity index is 1.50. The number of hydrogen-bond acceptors (Lipinski definition) is 6. The Morgan fingerprint density at radius 3 is 2.23 bits per heavy atom. The van der Waals surface area contributed by atoms with Crippen molar-refractivity contribution in [2.24, 2.45) is 0 Å². The molecule has 214 valence electrons. The summed E-state index contributed by atoms with van der Waals surface area (Å²) in [5.74, 6) is 0.0608. The molecule has 3 rings (SSSR count). The predicted octanol–water partition coefficient (Wildman–Crippen LogP) is 6.51. The van der Waals surface area contributed by atoms with Gasteiger partial charge in [-0.25, -0.2) is 9.59 Å². The molecule has 0 bridgehead atoms. The standard InChI is InChI=1S/C30H33Cl2NO7/c1-2-38-28(29(34)35)19-22-9-11-26(12-10-22)39-16-14-33(30(36)40-27-7-4-3-5-8-27)13-6-15-37-21-23-17-24(31)20-25(32)18-23/h3-5,7-12,17-18,20,28H,2,6,13-16,19,21H2,1H3,(H,34,35). The lowest BCUT2D eigenvalue weighted by molar-refractivity contribution is -0.149. The van der Waals surface area contributed by atoms with Crippen LogP contribution in [0.25, 0.3) is 0 Å². The van der Waals surface area contributed by atoms with E-state index in [1.165, 1.54) is 0 Å². The van der Waals surface area contributed by atoms with Crippen molar-refractivity contribution in [3.8, 4) is 11.5 Å². The third kappa shape index (κ3) is 11.1. The molecular weight excluding hydrogens is 557 g/mol. The van der Waals surface area contributed by atoms with Crippen LogP contribution in [0.2, 0.25) is 10.0 Å². The fourth-order valence-corrected chi connectivity index (χ4v) is 4.39. The van der Waals surface area contributed by atoms with Crippen LogP contribution >= 0.6 is 23.2 Å². The van der Waals surface area contributed by atoms with Gasteiger partial charge in [0.25, 0.3) is 0 Å². The number of carbonyl (C=O) groups is 2. The van der Waals surface area contributed by atoms with Crippen molar-refractivity contribution in [1.82, 2.24) is 4.90 Å². The maximum Gasteiger partial charge on any atom is 0.415 e. The van der Waals surface area contributed by atoms with Gasteiger partial charge in [-0.05, 0) is 66.9 Å². The molecule has 1 N–H and O–H groups in total. The van der Waals surface area contributed by atoms with E-state index in [9.17, 15) is 14.7 Å². The lowest BCUT2D eigenvalue weighted by Gasteiger charge is -2.22. The van der Waals surface area contributed by atoms with E-state index in [4.69, 9.17) is 42.1 Å². The summed E-state index contributed by atoms with van der Waals surface area (Å²) < 4.78 is 22.4. The Morgan fingerprint density at radius 2 is 1.57 bits per heavy atom. The predicted molar refractivity (Wildman–Crippen MR) is 153 cm³/mol. The molecule has 0 saturated carbocycles. The fraction of sp³-hybridized carbons (Fsp3) is 0.333. The SMILES string of the molecule is CCOC(Cc1ccc(OCCN(CCCOCc2cc(Cl)cc(Cl)c2)C(=O)Oc2ccccc2)cc1)C(=O)O. The van der Waals surface area contributed by atoms with E-state index in [1.807, 2.05) is 6.07 Å². The number of para-hydroxylation sites is 1. The fourth-order valence-electron chi connectivity index (χ4n) is 3.82. The minimum Gasteiger partial charge on any atom is -0.492 e. The van der Waals surface area contributed by atoms with Crippen molar-refractivity contribution in [2.75, 3.05) is 32.9 Å². The van der Waals surface area contributed by atoms with E-state index < -0.39 is 18.2 Å². The molecule has 0 heterocycles. The Bertz CT molecular complexity index is 1190. The highest BCUT2D eigenvalue weighted by molar-refractivity contribution is 6.34. The summed E-state index contributed by atoms with van der Waals surface area (Å²) in [6.07, 6.45) is -0.539. The Kier molecular flexibility index (Phi) is 13.1. The molecule has 0 aliphatic heterocycles. The van der Waals surface area contributed by atoms with Crippen molar-refractivity contribution in [3.63, 3.8) is 0 Å². The van der Waals surface area contributed by atoms with Gasteiger partial charge in [0.15, 0.2) is 6.10 Å². The Morgan fingerprint density at radius 1 is 0.875 bits per heavy atom. The summed E-state index contributed by atoms with van der Waals surface area (Å²) in [6.45, 7) is 3.79. The molecule has 1 amide bonds. The van der Waals surface area contributed by atoms with E-state index in [0.29, 0.717) is 60.9 Å². The number of benzene rings is 3. The number of carbonyl (C=O) groups excluding carboxylic acids is 1. The average Bonchev–Trinajstić information content (AvgIpc) is 2.92. The number of amides is 1. The van der Waals surface area contributed by atoms with Gasteiger partial charge >= 0.3 is 12.1 Å². The maximum absolute atomic E-state index is 12.9. The molecule has 0 spiro atoms. The number of aliphatic carboxylic acids is 1. The monoisotopic (exact) mass is 589 g/mol. The first-order valence-electron chi connectivity index (χ1n) is 12.9.